The van der Waals surface area contributed by atoms with Crippen LogP contribution in [0, 0.1) is 5.82 Å². The molecule has 2 aromatic heterocycles. The van der Waals surface area contributed by atoms with Crippen LogP contribution in [0.3, 0.4) is 0 Å². The van der Waals surface area contributed by atoms with E-state index in [1.165, 1.54) is 36.1 Å². The van der Waals surface area contributed by atoms with Gasteiger partial charge in [-0.3, -0.25) is 9.59 Å². The first-order valence-electron chi connectivity index (χ1n) is 9.82. The number of amides is 1. The van der Waals surface area contributed by atoms with Gasteiger partial charge >= 0.3 is 0 Å². The molecule has 4 rings (SSSR count). The molecule has 0 aliphatic carbocycles. The molecule has 1 N–H and O–H groups in total. The van der Waals surface area contributed by atoms with Crippen molar-refractivity contribution in [3.05, 3.63) is 59.3 Å². The first kappa shape index (κ1) is 20.8. The smallest absolute Gasteiger partial charge is 0.266 e. The van der Waals surface area contributed by atoms with Crippen LogP contribution in [0.15, 0.2) is 36.8 Å². The molecule has 3 heterocycles. The molecular formula is C21H20F3N5O2. The molecule has 0 saturated carbocycles. The Morgan fingerprint density at radius 2 is 1.90 bits per heavy atom. The standard InChI is InChI=1S/C21H20F3N5O2/c1-12(15-3-2-4-16(18(15)22)19(23)24)27-21(31)13-9-17(20-25-11-26-29(20)10-13)28-7-5-14(30)6-8-28/h2-4,9-12,19H,5-8H2,1H3,(H,27,31)/t12-/m1/s1. The van der Waals surface area contributed by atoms with Gasteiger partial charge in [0.2, 0.25) is 0 Å². The quantitative estimate of drug-likeness (QED) is 0.669. The maximum absolute atomic E-state index is 14.4. The van der Waals surface area contributed by atoms with Gasteiger partial charge in [0.15, 0.2) is 5.65 Å². The van der Waals surface area contributed by atoms with E-state index in [1.807, 2.05) is 4.90 Å². The monoisotopic (exact) mass is 431 g/mol. The molecule has 10 heteroatoms. The molecule has 0 spiro atoms. The number of ketones is 1. The number of rotatable bonds is 5. The zero-order valence-corrected chi connectivity index (χ0v) is 16.7. The number of nitrogens with one attached hydrogen (secondary N) is 1. The molecule has 1 aromatic carbocycles. The number of pyridine rings is 1. The van der Waals surface area contributed by atoms with Crippen LogP contribution < -0.4 is 10.2 Å². The molecule has 3 aromatic rings. The van der Waals surface area contributed by atoms with Gasteiger partial charge in [0, 0.05) is 37.7 Å². The molecule has 0 radical (unpaired) electrons. The minimum absolute atomic E-state index is 0.0252. The van der Waals surface area contributed by atoms with Crippen molar-refractivity contribution in [2.24, 2.45) is 0 Å². The van der Waals surface area contributed by atoms with E-state index in [0.29, 0.717) is 37.3 Å². The molecule has 7 nitrogen and oxygen atoms in total. The fraction of sp³-hybridized carbons (Fsp3) is 0.333. The molecule has 1 fully saturated rings. The lowest BCUT2D eigenvalue weighted by Gasteiger charge is -2.28. The number of hydrogen-bond acceptors (Lipinski definition) is 5. The maximum Gasteiger partial charge on any atom is 0.266 e. The lowest BCUT2D eigenvalue weighted by atomic mass is 10.0. The number of fused-ring (bicyclic) bond motifs is 1. The van der Waals surface area contributed by atoms with E-state index in [1.54, 1.807) is 6.07 Å². The predicted octanol–water partition coefficient (Wildman–Crippen LogP) is 3.47. The summed E-state index contributed by atoms with van der Waals surface area (Å²) in [4.78, 5) is 30.7. The van der Waals surface area contributed by atoms with Gasteiger partial charge in [-0.1, -0.05) is 18.2 Å². The van der Waals surface area contributed by atoms with Crippen LogP contribution in [0.2, 0.25) is 0 Å². The zero-order chi connectivity index (χ0) is 22.1. The van der Waals surface area contributed by atoms with Gasteiger partial charge in [-0.25, -0.2) is 22.7 Å². The number of benzene rings is 1. The van der Waals surface area contributed by atoms with Crippen molar-refractivity contribution in [1.29, 1.82) is 0 Å². The zero-order valence-electron chi connectivity index (χ0n) is 16.7. The number of alkyl halides is 2. The molecule has 1 saturated heterocycles. The maximum atomic E-state index is 14.4. The average Bonchev–Trinajstić information content (AvgIpc) is 3.22. The summed E-state index contributed by atoms with van der Waals surface area (Å²) in [7, 11) is 0. The highest BCUT2D eigenvalue weighted by Gasteiger charge is 2.24. The second kappa shape index (κ2) is 8.37. The van der Waals surface area contributed by atoms with Crippen molar-refractivity contribution < 1.29 is 22.8 Å². The normalized spacial score (nSPS) is 15.5. The highest BCUT2D eigenvalue weighted by Crippen LogP contribution is 2.28. The summed E-state index contributed by atoms with van der Waals surface area (Å²) in [5.74, 6) is -1.36. The average molecular weight is 431 g/mol. The Kier molecular flexibility index (Phi) is 5.62. The molecule has 31 heavy (non-hydrogen) atoms. The predicted molar refractivity (Wildman–Crippen MR) is 107 cm³/mol. The van der Waals surface area contributed by atoms with E-state index in [0.717, 1.165) is 6.07 Å². The molecule has 1 aliphatic heterocycles. The Hall–Kier alpha value is -3.43. The third-order valence-corrected chi connectivity index (χ3v) is 5.39. The minimum Gasteiger partial charge on any atom is -0.368 e. The summed E-state index contributed by atoms with van der Waals surface area (Å²) in [5.41, 5.74) is 0.736. The molecule has 1 aliphatic rings. The van der Waals surface area contributed by atoms with E-state index in [2.05, 4.69) is 15.4 Å². The van der Waals surface area contributed by atoms with Crippen LogP contribution in [0.4, 0.5) is 18.9 Å². The van der Waals surface area contributed by atoms with Crippen LogP contribution in [0.1, 0.15) is 53.7 Å². The molecular weight excluding hydrogens is 411 g/mol. The minimum atomic E-state index is -2.95. The molecule has 1 amide bonds. The summed E-state index contributed by atoms with van der Waals surface area (Å²) < 4.78 is 41.9. The van der Waals surface area contributed by atoms with Crippen LogP contribution >= 0.6 is 0 Å². The van der Waals surface area contributed by atoms with Crippen LogP contribution in [0.25, 0.3) is 5.65 Å². The van der Waals surface area contributed by atoms with E-state index in [-0.39, 0.29) is 16.9 Å². The second-order valence-electron chi connectivity index (χ2n) is 7.41. The SMILES string of the molecule is C[C@@H](NC(=O)c1cc(N2CCC(=O)CC2)c2ncnn2c1)c1cccc(C(F)F)c1F. The van der Waals surface area contributed by atoms with Gasteiger partial charge in [0.1, 0.15) is 17.9 Å². The van der Waals surface area contributed by atoms with Gasteiger partial charge in [-0.05, 0) is 13.0 Å². The van der Waals surface area contributed by atoms with Crippen LogP contribution in [-0.2, 0) is 4.79 Å². The number of nitrogens with zero attached hydrogens (tertiary/aromatic N) is 4. The molecule has 0 unspecified atom stereocenters. The molecule has 162 valence electrons. The first-order chi connectivity index (χ1) is 14.8. The van der Waals surface area contributed by atoms with E-state index < -0.39 is 29.8 Å². The lowest BCUT2D eigenvalue weighted by molar-refractivity contribution is -0.119. The summed E-state index contributed by atoms with van der Waals surface area (Å²) in [5, 5.41) is 6.76. The Balaban J connectivity index is 1.61. The molecule has 1 atom stereocenters. The van der Waals surface area contributed by atoms with Crippen molar-refractivity contribution in [3.63, 3.8) is 0 Å². The third-order valence-electron chi connectivity index (χ3n) is 5.39. The number of aromatic nitrogens is 3. The Morgan fingerprint density at radius 1 is 1.19 bits per heavy atom. The van der Waals surface area contributed by atoms with Gasteiger partial charge in [-0.15, -0.1) is 0 Å². The first-order valence-corrected chi connectivity index (χ1v) is 9.82. The van der Waals surface area contributed by atoms with Crippen molar-refractivity contribution >= 4 is 23.0 Å². The van der Waals surface area contributed by atoms with Crippen molar-refractivity contribution in [2.75, 3.05) is 18.0 Å². The van der Waals surface area contributed by atoms with Crippen LogP contribution in [0.5, 0.6) is 0 Å². The molecule has 0 bridgehead atoms. The Morgan fingerprint density at radius 3 is 2.61 bits per heavy atom. The summed E-state index contributed by atoms with van der Waals surface area (Å²) in [6.07, 6.45) is 0.732. The number of Topliss-reactive ketones (excluding diaryl/α,β-unsaturated/α-hetero) is 1. The second-order valence-corrected chi connectivity index (χ2v) is 7.41. The fourth-order valence-electron chi connectivity index (χ4n) is 3.69. The van der Waals surface area contributed by atoms with E-state index >= 15 is 0 Å². The largest absolute Gasteiger partial charge is 0.368 e. The van der Waals surface area contributed by atoms with Crippen molar-refractivity contribution in [1.82, 2.24) is 19.9 Å². The number of piperidine rings is 1. The van der Waals surface area contributed by atoms with Crippen molar-refractivity contribution in [2.45, 2.75) is 32.2 Å². The van der Waals surface area contributed by atoms with Crippen molar-refractivity contribution in [3.8, 4) is 0 Å². The topological polar surface area (TPSA) is 79.6 Å². The number of anilines is 1. The van der Waals surface area contributed by atoms with Gasteiger partial charge < -0.3 is 10.2 Å². The third kappa shape index (κ3) is 4.10. The number of halogens is 3. The summed E-state index contributed by atoms with van der Waals surface area (Å²) in [6, 6.07) is 4.52. The summed E-state index contributed by atoms with van der Waals surface area (Å²) in [6.45, 7) is 2.54. The Bertz CT molecular complexity index is 1140. The Labute approximate surface area is 175 Å². The highest BCUT2D eigenvalue weighted by atomic mass is 19.3. The van der Waals surface area contributed by atoms with E-state index in [9.17, 15) is 22.8 Å². The number of hydrogen-bond donors (Lipinski definition) is 1. The van der Waals surface area contributed by atoms with Crippen LogP contribution in [-0.4, -0.2) is 39.4 Å². The lowest BCUT2D eigenvalue weighted by Crippen LogP contribution is -2.34. The van der Waals surface area contributed by atoms with Gasteiger partial charge in [0.05, 0.1) is 22.9 Å². The highest BCUT2D eigenvalue weighted by molar-refractivity contribution is 5.96. The van der Waals surface area contributed by atoms with Gasteiger partial charge in [-0.2, -0.15) is 5.10 Å². The fourth-order valence-corrected chi connectivity index (χ4v) is 3.69. The number of carbonyl (C=O) groups excluding carboxylic acids is 2. The number of carbonyl (C=O) groups is 2. The summed E-state index contributed by atoms with van der Waals surface area (Å²) >= 11 is 0. The van der Waals surface area contributed by atoms with Gasteiger partial charge in [0.25, 0.3) is 12.3 Å². The van der Waals surface area contributed by atoms with E-state index in [4.69, 9.17) is 0 Å².